The Balaban J connectivity index is 2.33. The van der Waals surface area contributed by atoms with Crippen LogP contribution in [-0.4, -0.2) is 37.4 Å². The van der Waals surface area contributed by atoms with Crippen molar-refractivity contribution >= 4 is 5.96 Å². The van der Waals surface area contributed by atoms with Gasteiger partial charge in [-0.2, -0.15) is 0 Å². The fourth-order valence-electron chi connectivity index (χ4n) is 2.15. The Kier molecular flexibility index (Phi) is 8.58. The molecule has 0 bridgehead atoms. The molecule has 0 aromatic carbocycles. The van der Waals surface area contributed by atoms with Gasteiger partial charge in [0.2, 0.25) is 0 Å². The van der Waals surface area contributed by atoms with E-state index in [-0.39, 0.29) is 6.10 Å². The maximum atomic E-state index is 5.74. The monoisotopic (exact) mass is 310 g/mol. The first-order valence-corrected chi connectivity index (χ1v) is 8.11. The van der Waals surface area contributed by atoms with Crippen molar-refractivity contribution in [2.75, 3.05) is 20.2 Å². The molecule has 1 rings (SSSR count). The van der Waals surface area contributed by atoms with E-state index in [1.54, 1.807) is 7.05 Å². The maximum absolute atomic E-state index is 5.74. The highest BCUT2D eigenvalue weighted by Crippen LogP contribution is 2.10. The number of rotatable bonds is 9. The fraction of sp³-hybridized carbons (Fsp3) is 0.750. The molecule has 0 aliphatic heterocycles. The Morgan fingerprint density at radius 1 is 1.36 bits per heavy atom. The average molecular weight is 310 g/mol. The zero-order valence-corrected chi connectivity index (χ0v) is 14.5. The van der Waals surface area contributed by atoms with Crippen LogP contribution in [0.5, 0.6) is 0 Å². The van der Waals surface area contributed by atoms with Crippen LogP contribution in [0.4, 0.5) is 0 Å². The van der Waals surface area contributed by atoms with E-state index in [1.165, 1.54) is 0 Å². The van der Waals surface area contributed by atoms with Crippen molar-refractivity contribution < 1.29 is 9.26 Å². The van der Waals surface area contributed by atoms with Crippen LogP contribution in [0.2, 0.25) is 0 Å². The Labute approximate surface area is 133 Å². The molecule has 0 saturated carbocycles. The number of nitrogens with zero attached hydrogens (tertiary/aromatic N) is 2. The molecule has 0 amide bonds. The molecule has 2 N–H and O–H groups in total. The lowest BCUT2D eigenvalue weighted by Crippen LogP contribution is -2.38. The number of ether oxygens (including phenoxy) is 1. The van der Waals surface area contributed by atoms with Gasteiger partial charge in [0.25, 0.3) is 0 Å². The van der Waals surface area contributed by atoms with Gasteiger partial charge in [0.1, 0.15) is 0 Å². The average Bonchev–Trinajstić information content (AvgIpc) is 2.97. The summed E-state index contributed by atoms with van der Waals surface area (Å²) in [7, 11) is 1.76. The second kappa shape index (κ2) is 10.2. The van der Waals surface area contributed by atoms with E-state index in [0.29, 0.717) is 12.5 Å². The second-order valence-corrected chi connectivity index (χ2v) is 5.52. The molecule has 1 aromatic heterocycles. The number of guanidine groups is 1. The van der Waals surface area contributed by atoms with Gasteiger partial charge in [-0.3, -0.25) is 4.99 Å². The predicted octanol–water partition coefficient (Wildman–Crippen LogP) is 2.35. The van der Waals surface area contributed by atoms with Crippen LogP contribution < -0.4 is 10.6 Å². The van der Waals surface area contributed by atoms with E-state index in [9.17, 15) is 0 Å². The van der Waals surface area contributed by atoms with Crippen molar-refractivity contribution in [3.05, 3.63) is 17.5 Å². The minimum Gasteiger partial charge on any atom is -0.378 e. The highest BCUT2D eigenvalue weighted by Gasteiger charge is 2.13. The van der Waals surface area contributed by atoms with Gasteiger partial charge in [-0.05, 0) is 25.7 Å². The van der Waals surface area contributed by atoms with E-state index < -0.39 is 0 Å². The lowest BCUT2D eigenvalue weighted by atomic mass is 10.0. The molecular formula is C16H30N4O2. The summed E-state index contributed by atoms with van der Waals surface area (Å²) in [5.74, 6) is 2.08. The van der Waals surface area contributed by atoms with Crippen LogP contribution in [0.1, 0.15) is 45.6 Å². The molecule has 0 spiro atoms. The summed E-state index contributed by atoms with van der Waals surface area (Å²) in [4.78, 5) is 4.21. The van der Waals surface area contributed by atoms with Gasteiger partial charge in [-0.15, -0.1) is 0 Å². The largest absolute Gasteiger partial charge is 0.378 e. The smallest absolute Gasteiger partial charge is 0.191 e. The molecular weight excluding hydrogens is 280 g/mol. The molecule has 126 valence electrons. The van der Waals surface area contributed by atoms with Crippen LogP contribution in [0, 0.1) is 5.92 Å². The Morgan fingerprint density at radius 2 is 2.14 bits per heavy atom. The molecule has 22 heavy (non-hydrogen) atoms. The number of aryl methyl sites for hydroxylation is 1. The van der Waals surface area contributed by atoms with Crippen LogP contribution in [0.25, 0.3) is 0 Å². The van der Waals surface area contributed by atoms with Crippen molar-refractivity contribution in [3.8, 4) is 0 Å². The van der Waals surface area contributed by atoms with Crippen LogP contribution in [0.3, 0.4) is 0 Å². The van der Waals surface area contributed by atoms with E-state index in [2.05, 4.69) is 41.6 Å². The third kappa shape index (κ3) is 6.47. The van der Waals surface area contributed by atoms with Crippen LogP contribution in [-0.2, 0) is 17.7 Å². The molecule has 1 heterocycles. The molecule has 0 saturated heterocycles. The van der Waals surface area contributed by atoms with Gasteiger partial charge in [0, 0.05) is 26.3 Å². The fourth-order valence-corrected chi connectivity index (χ4v) is 2.15. The molecule has 6 nitrogen and oxygen atoms in total. The summed E-state index contributed by atoms with van der Waals surface area (Å²) >= 11 is 0. The molecule has 6 heteroatoms. The Morgan fingerprint density at radius 3 is 2.68 bits per heavy atom. The van der Waals surface area contributed by atoms with Crippen LogP contribution >= 0.6 is 0 Å². The Bertz CT molecular complexity index is 443. The third-order valence-electron chi connectivity index (χ3n) is 3.47. The van der Waals surface area contributed by atoms with Crippen molar-refractivity contribution in [2.45, 2.75) is 53.2 Å². The zero-order chi connectivity index (χ0) is 16.4. The second-order valence-electron chi connectivity index (χ2n) is 5.52. The standard InChI is InChI=1S/C16H30N4O2/c1-6-13-10-14(22-20-13)11-19-16(17-5)18-9-8-15(12(3)4)21-7-2/h10,12,15H,6-9,11H2,1-5H3,(H2,17,18,19). The SMILES string of the molecule is CCOC(CCNC(=NC)NCc1cc(CC)no1)C(C)C. The van der Waals surface area contributed by atoms with Crippen molar-refractivity contribution in [1.82, 2.24) is 15.8 Å². The molecule has 0 radical (unpaired) electrons. The first-order valence-electron chi connectivity index (χ1n) is 8.11. The summed E-state index contributed by atoms with van der Waals surface area (Å²) in [6, 6.07) is 1.96. The summed E-state index contributed by atoms with van der Waals surface area (Å²) in [6.07, 6.45) is 2.11. The number of aliphatic imine (C=N–C) groups is 1. The third-order valence-corrected chi connectivity index (χ3v) is 3.47. The number of hydrogen-bond acceptors (Lipinski definition) is 4. The highest BCUT2D eigenvalue weighted by molar-refractivity contribution is 5.79. The van der Waals surface area contributed by atoms with Gasteiger partial charge in [0.15, 0.2) is 11.7 Å². The first-order chi connectivity index (χ1) is 10.6. The minimum absolute atomic E-state index is 0.275. The van der Waals surface area contributed by atoms with Gasteiger partial charge < -0.3 is 19.9 Å². The molecule has 1 atom stereocenters. The summed E-state index contributed by atoms with van der Waals surface area (Å²) in [5.41, 5.74) is 0.969. The molecule has 1 aromatic rings. The summed E-state index contributed by atoms with van der Waals surface area (Å²) < 4.78 is 11.0. The van der Waals surface area contributed by atoms with Gasteiger partial charge in [-0.1, -0.05) is 25.9 Å². The van der Waals surface area contributed by atoms with Crippen molar-refractivity contribution in [1.29, 1.82) is 0 Å². The molecule has 1 unspecified atom stereocenters. The van der Waals surface area contributed by atoms with E-state index >= 15 is 0 Å². The predicted molar refractivity (Wildman–Crippen MR) is 89.0 cm³/mol. The van der Waals surface area contributed by atoms with Crippen molar-refractivity contribution in [3.63, 3.8) is 0 Å². The maximum Gasteiger partial charge on any atom is 0.191 e. The minimum atomic E-state index is 0.275. The number of nitrogens with one attached hydrogen (secondary N) is 2. The summed E-state index contributed by atoms with van der Waals surface area (Å²) in [5, 5.41) is 10.5. The molecule has 0 aliphatic rings. The van der Waals surface area contributed by atoms with Crippen molar-refractivity contribution in [2.24, 2.45) is 10.9 Å². The van der Waals surface area contributed by atoms with Gasteiger partial charge in [0.05, 0.1) is 18.3 Å². The first kappa shape index (κ1) is 18.5. The Hall–Kier alpha value is -1.56. The normalized spacial score (nSPS) is 13.5. The van der Waals surface area contributed by atoms with E-state index in [4.69, 9.17) is 9.26 Å². The highest BCUT2D eigenvalue weighted by atomic mass is 16.5. The zero-order valence-electron chi connectivity index (χ0n) is 14.5. The topological polar surface area (TPSA) is 71.7 Å². The van der Waals surface area contributed by atoms with E-state index in [1.807, 2.05) is 13.0 Å². The van der Waals surface area contributed by atoms with Gasteiger partial charge >= 0.3 is 0 Å². The summed E-state index contributed by atoms with van der Waals surface area (Å²) in [6.45, 7) is 10.6. The quantitative estimate of drug-likeness (QED) is 0.541. The van der Waals surface area contributed by atoms with Gasteiger partial charge in [-0.25, -0.2) is 0 Å². The van der Waals surface area contributed by atoms with E-state index in [0.717, 1.165) is 43.4 Å². The lowest BCUT2D eigenvalue weighted by Gasteiger charge is -2.21. The number of aromatic nitrogens is 1. The lowest BCUT2D eigenvalue weighted by molar-refractivity contribution is 0.0258. The molecule has 0 fully saturated rings. The molecule has 0 aliphatic carbocycles. The van der Waals surface area contributed by atoms with Crippen LogP contribution in [0.15, 0.2) is 15.6 Å². The number of hydrogen-bond donors (Lipinski definition) is 2.